The Morgan fingerprint density at radius 3 is 1.76 bits per heavy atom. The van der Waals surface area contributed by atoms with E-state index < -0.39 is 241 Å². The average molecular weight is 1690 g/mol. The molecular formula is C62H88IN19O21S4. The van der Waals surface area contributed by atoms with Crippen LogP contribution in [-0.4, -0.2) is 259 Å². The highest BCUT2D eigenvalue weighted by Crippen LogP contribution is 2.28. The van der Waals surface area contributed by atoms with Gasteiger partial charge in [-0.25, -0.2) is 9.59 Å². The number of aromatic hydroxyl groups is 2. The second kappa shape index (κ2) is 44.1. The van der Waals surface area contributed by atoms with E-state index in [9.17, 15) is 92.7 Å². The van der Waals surface area contributed by atoms with Crippen LogP contribution < -0.4 is 92.1 Å². The minimum absolute atomic E-state index is 0.0139. The van der Waals surface area contributed by atoms with Crippen molar-refractivity contribution >= 4 is 166 Å². The lowest BCUT2D eigenvalue weighted by Gasteiger charge is -2.31. The number of carboxylic acids is 2. The standard InChI is InChI=1S/C62H88IN19O21S4/c1-28(83)48-58(99)76-37(22-47(88)89)59(100)82-18-4-7-43(82)57(98)74-34(5-2-16-69-61(66)67)50(91)78-40-25-106-107-27-42(56(97)81-48)80-53(94)39(71-46(87)23-64)24-104-105-26-41(55(96)77-38(60(101)102)20-29-8-11-31(84)12-9-29)79-51(92)35(13-15-45(65)86)73-52(93)36(21-30-10-14-44(85)32(63)19-30)75-49(90)33(72-54(40)95)6-3-17-70-62(68)103/h8-12,14,19,28,33-43,48,83-85H,2-7,13,15-18,20-27,64H2,1H3,(H2,65,86)(H,71,87)(H,72,95)(H,73,93)(H,74,98)(H,75,90)(H,76,99)(H,77,96)(H,78,91)(H,79,92)(H,80,94)(H,81,97)(H,88,89)(H,101,102)(H4,66,67,69)(H3,68,70,103)/t28-,33+,34+,35+,36+,37+,38+,39+,40+,41+,42+,43+,48+/m1/s1. The predicted octanol–water partition coefficient (Wildman–Crippen LogP) is -6.52. The molecule has 40 nitrogen and oxygen atoms in total. The Morgan fingerprint density at radius 2 is 1.17 bits per heavy atom. The molecule has 3 fully saturated rings. The van der Waals surface area contributed by atoms with Crippen LogP contribution in [0.4, 0.5) is 4.79 Å². The van der Waals surface area contributed by atoms with Gasteiger partial charge >= 0.3 is 18.0 Å². The first-order valence-corrected chi connectivity index (χ1v) is 39.3. The molecule has 3 saturated heterocycles. The zero-order valence-corrected chi connectivity index (χ0v) is 62.9. The lowest BCUT2D eigenvalue weighted by Crippen LogP contribution is -2.62. The van der Waals surface area contributed by atoms with Crippen LogP contribution in [-0.2, 0) is 84.8 Å². The number of phenols is 2. The van der Waals surface area contributed by atoms with Gasteiger partial charge in [0, 0.05) is 61.9 Å². The molecular weight excluding hydrogens is 1600 g/mol. The summed E-state index contributed by atoms with van der Waals surface area (Å²) in [5.41, 5.74) is 22.7. The molecule has 0 aliphatic carbocycles. The molecule has 15 amide bonds. The van der Waals surface area contributed by atoms with Gasteiger partial charge in [-0.2, -0.15) is 0 Å². The van der Waals surface area contributed by atoms with Crippen LogP contribution in [0.15, 0.2) is 42.5 Å². The molecule has 0 unspecified atom stereocenters. The van der Waals surface area contributed by atoms with Gasteiger partial charge in [-0.3, -0.25) is 72.5 Å². The number of rotatable bonds is 23. The van der Waals surface area contributed by atoms with Gasteiger partial charge in [-0.05, 0) is 110 Å². The lowest BCUT2D eigenvalue weighted by atomic mass is 10.0. The van der Waals surface area contributed by atoms with E-state index in [1.54, 1.807) is 22.6 Å². The summed E-state index contributed by atoms with van der Waals surface area (Å²) in [5, 5.41) is 91.6. The van der Waals surface area contributed by atoms with E-state index in [0.29, 0.717) is 5.56 Å². The molecule has 0 radical (unpaired) electrons. The summed E-state index contributed by atoms with van der Waals surface area (Å²) < 4.78 is 0.267. The summed E-state index contributed by atoms with van der Waals surface area (Å²) in [6, 6.07) is -12.9. The fourth-order valence-electron chi connectivity index (χ4n) is 10.8. The van der Waals surface area contributed by atoms with Crippen molar-refractivity contribution in [1.82, 2.24) is 74.0 Å². The fraction of sp³-hybridized carbons (Fsp3) is 0.532. The predicted molar refractivity (Wildman–Crippen MR) is 397 cm³/mol. The number of urea groups is 1. The highest BCUT2D eigenvalue weighted by Gasteiger charge is 2.43. The summed E-state index contributed by atoms with van der Waals surface area (Å²) >= 11 is 1.79. The number of aliphatic carboxylic acids is 2. The van der Waals surface area contributed by atoms with E-state index in [0.717, 1.165) is 55.0 Å². The number of carbonyl (C=O) groups excluding carboxylic acids is 14. The molecule has 2 aromatic carbocycles. The first kappa shape index (κ1) is 88.3. The summed E-state index contributed by atoms with van der Waals surface area (Å²) in [6.07, 6.45) is -5.76. The number of fused-ring (bicyclic) bond motifs is 6. The number of primary amides is 2. The van der Waals surface area contributed by atoms with Gasteiger partial charge in [0.15, 0.2) is 5.96 Å². The number of hydrogen-bond acceptors (Lipinski definition) is 25. The van der Waals surface area contributed by atoms with Crippen LogP contribution >= 0.6 is 65.8 Å². The molecule has 2 bridgehead atoms. The summed E-state index contributed by atoms with van der Waals surface area (Å²) in [5.74, 6) is -20.7. The van der Waals surface area contributed by atoms with E-state index in [1.807, 2.05) is 0 Å². The number of aliphatic hydroxyl groups is 1. The third kappa shape index (κ3) is 29.8. The van der Waals surface area contributed by atoms with E-state index in [-0.39, 0.29) is 78.8 Å². The number of guanidine groups is 1. The maximum Gasteiger partial charge on any atom is 0.326 e. The summed E-state index contributed by atoms with van der Waals surface area (Å²) in [7, 11) is 3.00. The Labute approximate surface area is 641 Å². The monoisotopic (exact) mass is 1690 g/mol. The molecule has 45 heteroatoms. The largest absolute Gasteiger partial charge is 0.508 e. The number of carbonyl (C=O) groups is 16. The Hall–Kier alpha value is -9.32. The topological polar surface area (TPSA) is 662 Å². The highest BCUT2D eigenvalue weighted by atomic mass is 127. The van der Waals surface area contributed by atoms with Crippen molar-refractivity contribution in [3.63, 3.8) is 0 Å². The maximum absolute atomic E-state index is 15.2. The molecule has 0 spiro atoms. The highest BCUT2D eigenvalue weighted by molar-refractivity contribution is 14.1. The number of nitrogens with two attached hydrogens (primary N) is 4. The van der Waals surface area contributed by atoms with Crippen LogP contribution in [0, 0.1) is 8.98 Å². The minimum atomic E-state index is -2.04. The molecule has 27 N–H and O–H groups in total. The molecule has 5 rings (SSSR count). The smallest absolute Gasteiger partial charge is 0.326 e. The number of hydrogen-bond donors (Lipinski definition) is 23. The number of phenolic OH excluding ortho intramolecular Hbond substituents is 2. The van der Waals surface area contributed by atoms with Crippen molar-refractivity contribution in [2.45, 2.75) is 156 Å². The second-order valence-corrected chi connectivity index (χ2v) is 30.9. The van der Waals surface area contributed by atoms with E-state index in [2.05, 4.69) is 69.1 Å². The summed E-state index contributed by atoms with van der Waals surface area (Å²) in [4.78, 5) is 226. The maximum atomic E-state index is 15.2. The van der Waals surface area contributed by atoms with Crippen LogP contribution in [0.1, 0.15) is 75.8 Å². The Balaban J connectivity index is 1.74. The van der Waals surface area contributed by atoms with Gasteiger partial charge in [0.25, 0.3) is 0 Å². The van der Waals surface area contributed by atoms with E-state index in [4.69, 9.17) is 28.3 Å². The molecule has 3 aliphatic heterocycles. The number of amides is 15. The first-order chi connectivity index (χ1) is 50.6. The van der Waals surface area contributed by atoms with Gasteiger partial charge in [-0.1, -0.05) is 61.4 Å². The second-order valence-electron chi connectivity index (χ2n) is 24.6. The van der Waals surface area contributed by atoms with Gasteiger partial charge < -0.3 is 122 Å². The Bertz CT molecular complexity index is 3590. The summed E-state index contributed by atoms with van der Waals surface area (Å²) in [6.45, 7) is -0.139. The fourth-order valence-corrected chi connectivity index (χ4v) is 16.0. The van der Waals surface area contributed by atoms with Crippen molar-refractivity contribution in [2.24, 2.45) is 22.9 Å². The zero-order valence-electron chi connectivity index (χ0n) is 57.5. The number of aliphatic hydroxyl groups excluding tert-OH is 1. The van der Waals surface area contributed by atoms with Gasteiger partial charge in [-0.15, -0.1) is 0 Å². The minimum Gasteiger partial charge on any atom is -0.508 e. The third-order valence-electron chi connectivity index (χ3n) is 16.3. The van der Waals surface area contributed by atoms with Crippen LogP contribution in [0.3, 0.4) is 0 Å². The number of nitrogens with one attached hydrogen (secondary N) is 14. The molecule has 3 aliphatic rings. The van der Waals surface area contributed by atoms with E-state index >= 15 is 9.59 Å². The van der Waals surface area contributed by atoms with Crippen LogP contribution in [0.5, 0.6) is 11.5 Å². The van der Waals surface area contributed by atoms with Crippen molar-refractivity contribution in [1.29, 1.82) is 5.41 Å². The third-order valence-corrected chi connectivity index (χ3v) is 22.1. The van der Waals surface area contributed by atoms with Gasteiger partial charge in [0.2, 0.25) is 76.8 Å². The van der Waals surface area contributed by atoms with Crippen molar-refractivity contribution in [2.75, 3.05) is 49.2 Å². The number of carboxylic acid groups (broad SMARTS) is 2. The quantitative estimate of drug-likeness (QED) is 0.0162. The van der Waals surface area contributed by atoms with Gasteiger partial charge in [0.05, 0.1) is 22.6 Å². The van der Waals surface area contributed by atoms with Crippen LogP contribution in [0.2, 0.25) is 0 Å². The number of halogens is 1. The van der Waals surface area contributed by atoms with Crippen molar-refractivity contribution in [3.05, 3.63) is 57.2 Å². The molecule has 107 heavy (non-hydrogen) atoms. The molecule has 588 valence electrons. The molecule has 3 heterocycles. The molecule has 13 atom stereocenters. The zero-order chi connectivity index (χ0) is 79.2. The lowest BCUT2D eigenvalue weighted by molar-refractivity contribution is -0.146. The molecule has 2 aromatic rings. The molecule has 0 aromatic heterocycles. The SMILES string of the molecule is C[C@@H](O)[C@@H]1NC(=O)[C@@H]2CSSC[C@H](NC(=O)[C@H](CCCNC(=N)N)NC(=O)[C@@H]3CCCN3C(=O)[C@H](CC(=O)O)NC1=O)C(=O)N[C@@H](CCCNC(N)=O)C(=O)N[C@@H](Cc1ccc(O)c(I)c1)C(=O)N[C@@H](CCC(N)=O)C(=O)N[C@H](C(=O)N[C@@H](Cc1ccc(O)cc1)C(=O)O)CSSC[C@H](NC(=O)CN)C(=O)N2. The Kier molecular flexibility index (Phi) is 36.4. The van der Waals surface area contributed by atoms with Crippen molar-refractivity contribution < 1.29 is 102 Å². The van der Waals surface area contributed by atoms with Gasteiger partial charge in [0.1, 0.15) is 84.0 Å². The number of benzene rings is 2. The molecule has 0 saturated carbocycles. The average Bonchev–Trinajstić information content (AvgIpc) is 1.74. The Morgan fingerprint density at radius 1 is 0.636 bits per heavy atom. The normalized spacial score (nSPS) is 24.4. The van der Waals surface area contributed by atoms with Crippen molar-refractivity contribution in [3.8, 4) is 11.5 Å². The van der Waals surface area contributed by atoms with E-state index in [1.165, 1.54) is 42.5 Å². The number of nitrogens with zero attached hydrogens (tertiary/aromatic N) is 1. The van der Waals surface area contributed by atoms with Crippen LogP contribution in [0.25, 0.3) is 0 Å². The first-order valence-electron chi connectivity index (χ1n) is 33.2.